The van der Waals surface area contributed by atoms with Crippen LogP contribution in [-0.4, -0.2) is 48.3 Å². The fraction of sp³-hybridized carbons (Fsp3) is 0.250. The standard InChI is InChI=1S/C24H23ClN4O2S2/c25-20-11-9-18(10-12-20)17-23-26-24(32-27-23)28-13-4-14-29(16-15-28)33(30,31)22-8-3-6-19-5-1-2-7-21(19)22/h1-3,5-12H,4,13-17H2. The van der Waals surface area contributed by atoms with Gasteiger partial charge in [-0.3, -0.25) is 0 Å². The minimum atomic E-state index is -3.59. The van der Waals surface area contributed by atoms with Crippen LogP contribution < -0.4 is 4.90 Å². The molecule has 0 bridgehead atoms. The molecule has 2 heterocycles. The van der Waals surface area contributed by atoms with Gasteiger partial charge in [0, 0.05) is 54.5 Å². The number of hydrogen-bond acceptors (Lipinski definition) is 6. The van der Waals surface area contributed by atoms with Crippen LogP contribution in [0.4, 0.5) is 5.13 Å². The Morgan fingerprint density at radius 3 is 2.55 bits per heavy atom. The Kier molecular flexibility index (Phi) is 6.34. The van der Waals surface area contributed by atoms with Crippen LogP contribution in [-0.2, 0) is 16.4 Å². The van der Waals surface area contributed by atoms with Crippen molar-refractivity contribution >= 4 is 49.1 Å². The second-order valence-corrected chi connectivity index (χ2v) is 11.1. The van der Waals surface area contributed by atoms with Crippen molar-refractivity contribution in [2.75, 3.05) is 31.1 Å². The Morgan fingerprint density at radius 1 is 0.909 bits per heavy atom. The number of benzene rings is 3. The maximum atomic E-state index is 13.5. The summed E-state index contributed by atoms with van der Waals surface area (Å²) in [5, 5.41) is 3.23. The SMILES string of the molecule is O=S(=O)(c1cccc2ccccc12)N1CCCN(c2nc(Cc3ccc(Cl)cc3)ns2)CC1. The van der Waals surface area contributed by atoms with Crippen molar-refractivity contribution < 1.29 is 8.42 Å². The number of sulfonamides is 1. The normalized spacial score (nSPS) is 15.6. The van der Waals surface area contributed by atoms with Crippen molar-refractivity contribution in [3.63, 3.8) is 0 Å². The van der Waals surface area contributed by atoms with E-state index >= 15 is 0 Å². The molecule has 0 N–H and O–H groups in total. The molecular weight excluding hydrogens is 476 g/mol. The molecule has 5 rings (SSSR count). The van der Waals surface area contributed by atoms with Crippen LogP contribution in [0, 0.1) is 0 Å². The molecular formula is C24H23ClN4O2S2. The van der Waals surface area contributed by atoms with Crippen molar-refractivity contribution in [2.24, 2.45) is 0 Å². The number of anilines is 1. The molecule has 0 radical (unpaired) electrons. The first-order valence-corrected chi connectivity index (χ1v) is 13.4. The van der Waals surface area contributed by atoms with Crippen molar-refractivity contribution in [1.82, 2.24) is 13.7 Å². The van der Waals surface area contributed by atoms with E-state index < -0.39 is 10.0 Å². The zero-order valence-corrected chi connectivity index (χ0v) is 20.3. The van der Waals surface area contributed by atoms with Crippen LogP contribution in [0.2, 0.25) is 5.02 Å². The number of rotatable bonds is 5. The van der Waals surface area contributed by atoms with Crippen molar-refractivity contribution in [3.8, 4) is 0 Å². The summed E-state index contributed by atoms with van der Waals surface area (Å²) in [7, 11) is -3.59. The summed E-state index contributed by atoms with van der Waals surface area (Å²) < 4.78 is 33.1. The third-order valence-electron chi connectivity index (χ3n) is 5.83. The van der Waals surface area contributed by atoms with Gasteiger partial charge in [-0.05, 0) is 35.6 Å². The van der Waals surface area contributed by atoms with Crippen LogP contribution >= 0.6 is 23.1 Å². The number of halogens is 1. The molecule has 0 saturated carbocycles. The molecule has 1 aliphatic rings. The molecule has 1 fully saturated rings. The zero-order chi connectivity index (χ0) is 22.8. The van der Waals surface area contributed by atoms with Gasteiger partial charge in [-0.1, -0.05) is 60.1 Å². The molecule has 9 heteroatoms. The lowest BCUT2D eigenvalue weighted by Crippen LogP contribution is -2.35. The summed E-state index contributed by atoms with van der Waals surface area (Å²) in [5.74, 6) is 0.766. The van der Waals surface area contributed by atoms with Gasteiger partial charge in [0.2, 0.25) is 15.2 Å². The smallest absolute Gasteiger partial charge is 0.243 e. The fourth-order valence-electron chi connectivity index (χ4n) is 4.11. The first-order valence-electron chi connectivity index (χ1n) is 10.8. The lowest BCUT2D eigenvalue weighted by atomic mass is 10.1. The number of hydrogen-bond donors (Lipinski definition) is 0. The minimum Gasteiger partial charge on any atom is -0.345 e. The number of aromatic nitrogens is 2. The molecule has 33 heavy (non-hydrogen) atoms. The molecule has 0 atom stereocenters. The molecule has 6 nitrogen and oxygen atoms in total. The molecule has 1 aliphatic heterocycles. The average Bonchev–Trinajstić information content (AvgIpc) is 3.14. The van der Waals surface area contributed by atoms with Crippen LogP contribution in [0.3, 0.4) is 0 Å². The van der Waals surface area contributed by atoms with E-state index in [9.17, 15) is 8.42 Å². The summed E-state index contributed by atoms with van der Waals surface area (Å²) in [6.45, 7) is 2.23. The average molecular weight is 499 g/mol. The van der Waals surface area contributed by atoms with E-state index in [0.29, 0.717) is 36.0 Å². The second kappa shape index (κ2) is 9.38. The first-order chi connectivity index (χ1) is 16.0. The number of fused-ring (bicyclic) bond motifs is 1. The molecule has 1 saturated heterocycles. The van der Waals surface area contributed by atoms with E-state index in [4.69, 9.17) is 16.6 Å². The molecule has 1 aromatic heterocycles. The highest BCUT2D eigenvalue weighted by molar-refractivity contribution is 7.89. The van der Waals surface area contributed by atoms with Crippen LogP contribution in [0.5, 0.6) is 0 Å². The van der Waals surface area contributed by atoms with E-state index in [1.165, 1.54) is 11.5 Å². The van der Waals surface area contributed by atoms with Gasteiger partial charge in [-0.25, -0.2) is 13.4 Å². The second-order valence-electron chi connectivity index (χ2n) is 8.02. The summed E-state index contributed by atoms with van der Waals surface area (Å²) in [6, 6.07) is 20.7. The van der Waals surface area contributed by atoms with Crippen molar-refractivity contribution in [3.05, 3.63) is 83.1 Å². The van der Waals surface area contributed by atoms with Gasteiger partial charge in [0.05, 0.1) is 4.90 Å². The maximum Gasteiger partial charge on any atom is 0.243 e. The highest BCUT2D eigenvalue weighted by Gasteiger charge is 2.29. The molecule has 3 aromatic carbocycles. The van der Waals surface area contributed by atoms with Gasteiger partial charge in [-0.2, -0.15) is 8.68 Å². The molecule has 0 aliphatic carbocycles. The largest absolute Gasteiger partial charge is 0.345 e. The molecule has 0 unspecified atom stereocenters. The molecule has 4 aromatic rings. The molecule has 170 valence electrons. The monoisotopic (exact) mass is 498 g/mol. The van der Waals surface area contributed by atoms with Crippen LogP contribution in [0.25, 0.3) is 10.8 Å². The van der Waals surface area contributed by atoms with Crippen molar-refractivity contribution in [2.45, 2.75) is 17.7 Å². The summed E-state index contributed by atoms with van der Waals surface area (Å²) in [6.07, 6.45) is 1.37. The van der Waals surface area contributed by atoms with Gasteiger partial charge in [0.1, 0.15) is 5.82 Å². The highest BCUT2D eigenvalue weighted by atomic mass is 35.5. The summed E-state index contributed by atoms with van der Waals surface area (Å²) in [4.78, 5) is 7.22. The van der Waals surface area contributed by atoms with Crippen molar-refractivity contribution in [1.29, 1.82) is 0 Å². The third kappa shape index (κ3) is 4.75. The van der Waals surface area contributed by atoms with Gasteiger partial charge < -0.3 is 4.90 Å². The molecule has 0 amide bonds. The Bertz CT molecular complexity index is 1370. The van der Waals surface area contributed by atoms with Crippen LogP contribution in [0.15, 0.2) is 71.6 Å². The fourth-order valence-corrected chi connectivity index (χ4v) is 6.66. The van der Waals surface area contributed by atoms with E-state index in [0.717, 1.165) is 40.3 Å². The van der Waals surface area contributed by atoms with E-state index in [1.54, 1.807) is 10.4 Å². The van der Waals surface area contributed by atoms with Gasteiger partial charge >= 0.3 is 0 Å². The van der Waals surface area contributed by atoms with Gasteiger partial charge in [-0.15, -0.1) is 0 Å². The minimum absolute atomic E-state index is 0.371. The Balaban J connectivity index is 1.31. The third-order valence-corrected chi connectivity index (χ3v) is 8.85. The maximum absolute atomic E-state index is 13.5. The van der Waals surface area contributed by atoms with Gasteiger partial charge in [0.15, 0.2) is 0 Å². The topological polar surface area (TPSA) is 66.4 Å². The summed E-state index contributed by atoms with van der Waals surface area (Å²) in [5.41, 5.74) is 1.10. The molecule has 0 spiro atoms. The number of nitrogens with zero attached hydrogens (tertiary/aromatic N) is 4. The van der Waals surface area contributed by atoms with Crippen LogP contribution in [0.1, 0.15) is 17.8 Å². The Morgan fingerprint density at radius 2 is 1.70 bits per heavy atom. The van der Waals surface area contributed by atoms with E-state index in [2.05, 4.69) is 9.27 Å². The summed E-state index contributed by atoms with van der Waals surface area (Å²) >= 11 is 7.33. The quantitative estimate of drug-likeness (QED) is 0.394. The van der Waals surface area contributed by atoms with E-state index in [1.807, 2.05) is 60.7 Å². The zero-order valence-electron chi connectivity index (χ0n) is 17.9. The highest BCUT2D eigenvalue weighted by Crippen LogP contribution is 2.27. The van der Waals surface area contributed by atoms with E-state index in [-0.39, 0.29) is 0 Å². The predicted octanol–water partition coefficient (Wildman–Crippen LogP) is 4.84. The predicted molar refractivity (Wildman–Crippen MR) is 134 cm³/mol. The Hall–Kier alpha value is -2.52. The first kappa shape index (κ1) is 22.3. The lowest BCUT2D eigenvalue weighted by molar-refractivity contribution is 0.433. The van der Waals surface area contributed by atoms with Gasteiger partial charge in [0.25, 0.3) is 0 Å². The Labute approximate surface area is 202 Å². The lowest BCUT2D eigenvalue weighted by Gasteiger charge is -2.22.